The first kappa shape index (κ1) is 38.6. The fraction of sp³-hybridized carbons (Fsp3) is 0.292. The van der Waals surface area contributed by atoms with Gasteiger partial charge in [0.25, 0.3) is 0 Å². The summed E-state index contributed by atoms with van der Waals surface area (Å²) in [6, 6.07) is 42.4. The van der Waals surface area contributed by atoms with E-state index in [-0.39, 0.29) is 20.1 Å². The van der Waals surface area contributed by atoms with Crippen LogP contribution in [0.2, 0.25) is 19.6 Å². The Kier molecular flexibility index (Phi) is 12.6. The molecule has 0 saturated heterocycles. The van der Waals surface area contributed by atoms with Crippen LogP contribution < -0.4 is 5.19 Å². The number of nitrogens with zero attached hydrogens (tertiary/aromatic N) is 2. The number of rotatable bonds is 8. The predicted octanol–water partition coefficient (Wildman–Crippen LogP) is 12.5. The van der Waals surface area contributed by atoms with Gasteiger partial charge < -0.3 is 14.4 Å². The van der Waals surface area contributed by atoms with Gasteiger partial charge in [0.15, 0.2) is 0 Å². The second-order valence-corrected chi connectivity index (χ2v) is 20.9. The van der Waals surface area contributed by atoms with Gasteiger partial charge in [-0.1, -0.05) is 148 Å². The second-order valence-electron chi connectivity index (χ2n) is 15.9. The van der Waals surface area contributed by atoms with Gasteiger partial charge in [0.05, 0.1) is 13.7 Å². The van der Waals surface area contributed by atoms with Crippen LogP contribution in [0.3, 0.4) is 0 Å². The molecule has 3 heterocycles. The van der Waals surface area contributed by atoms with E-state index in [0.717, 1.165) is 74.3 Å². The summed E-state index contributed by atoms with van der Waals surface area (Å²) in [7, 11) is -1.34. The van der Waals surface area contributed by atoms with Crippen molar-refractivity contribution >= 4 is 35.2 Å². The summed E-state index contributed by atoms with van der Waals surface area (Å²) in [5.74, 6) is 1.47. The Hall–Kier alpha value is -4.15. The van der Waals surface area contributed by atoms with Crippen molar-refractivity contribution < 1.29 is 24.5 Å². The summed E-state index contributed by atoms with van der Waals surface area (Å²) >= 11 is 0. The molecule has 5 heteroatoms. The number of para-hydroxylation sites is 1. The van der Waals surface area contributed by atoms with Gasteiger partial charge in [-0.05, 0) is 52.9 Å². The fourth-order valence-corrected chi connectivity index (χ4v) is 9.33. The zero-order valence-corrected chi connectivity index (χ0v) is 35.1. The third kappa shape index (κ3) is 9.15. The minimum absolute atomic E-state index is 0. The molecule has 273 valence electrons. The van der Waals surface area contributed by atoms with Crippen LogP contribution in [0, 0.1) is 24.0 Å². The standard InChI is InChI=1S/C30H26NO.C18H24NSi.Ir/c1-3-9-21(10-4-1)19-22-17-18-31-28(20-22)27-16-8-15-26-25-14-7-13-24(29(25)32-30(26)27)23-11-5-2-6-12-23;1-14(2)11-16-12-17(15-9-7-6-8-10-15)19-13-18(16)20(3,4)5;/h2,5-8,11-15,17-18,20-21H,1,3-4,9-10,19H2;6-9,12-14H,11H2,1-5H3;/q2*-1;. The first-order chi connectivity index (χ1) is 25.2. The van der Waals surface area contributed by atoms with E-state index in [1.54, 1.807) is 0 Å². The van der Waals surface area contributed by atoms with E-state index in [2.05, 4.69) is 130 Å². The van der Waals surface area contributed by atoms with Crippen LogP contribution in [0.1, 0.15) is 57.1 Å². The van der Waals surface area contributed by atoms with Gasteiger partial charge in [-0.25, -0.2) is 0 Å². The smallest absolute Gasteiger partial charge is 0.128 e. The molecule has 0 bridgehead atoms. The molecule has 53 heavy (non-hydrogen) atoms. The molecule has 0 unspecified atom stereocenters. The molecule has 0 amide bonds. The van der Waals surface area contributed by atoms with Crippen LogP contribution in [0.25, 0.3) is 55.6 Å². The summed E-state index contributed by atoms with van der Waals surface area (Å²) in [5.41, 5.74) is 10.9. The molecule has 7 aromatic rings. The molecule has 0 aliphatic heterocycles. The van der Waals surface area contributed by atoms with Crippen molar-refractivity contribution in [3.8, 4) is 33.6 Å². The van der Waals surface area contributed by atoms with E-state index in [9.17, 15) is 0 Å². The van der Waals surface area contributed by atoms with Gasteiger partial charge in [0, 0.05) is 43.4 Å². The molecule has 8 rings (SSSR count). The van der Waals surface area contributed by atoms with E-state index in [4.69, 9.17) is 9.40 Å². The topological polar surface area (TPSA) is 38.9 Å². The van der Waals surface area contributed by atoms with Crippen LogP contribution in [0.4, 0.5) is 0 Å². The van der Waals surface area contributed by atoms with Crippen molar-refractivity contribution in [2.24, 2.45) is 11.8 Å². The summed E-state index contributed by atoms with van der Waals surface area (Å²) in [6.45, 7) is 11.7. The van der Waals surface area contributed by atoms with Crippen LogP contribution in [-0.2, 0) is 32.9 Å². The third-order valence-electron chi connectivity index (χ3n) is 10.3. The van der Waals surface area contributed by atoms with E-state index in [1.165, 1.54) is 48.4 Å². The summed E-state index contributed by atoms with van der Waals surface area (Å²) in [5, 5.41) is 3.74. The molecule has 0 spiro atoms. The minimum Gasteiger partial charge on any atom is -0.500 e. The van der Waals surface area contributed by atoms with Gasteiger partial charge in [-0.2, -0.15) is 0 Å². The number of hydrogen-bond donors (Lipinski definition) is 0. The molecule has 1 fully saturated rings. The Balaban J connectivity index is 0.000000199. The van der Waals surface area contributed by atoms with E-state index in [1.807, 2.05) is 36.5 Å². The van der Waals surface area contributed by atoms with Gasteiger partial charge >= 0.3 is 0 Å². The molecule has 1 radical (unpaired) electrons. The fourth-order valence-electron chi connectivity index (χ4n) is 7.74. The second kappa shape index (κ2) is 17.3. The Bertz CT molecular complexity index is 2250. The maximum absolute atomic E-state index is 6.54. The van der Waals surface area contributed by atoms with Crippen molar-refractivity contribution in [1.82, 2.24) is 9.97 Å². The molecule has 3 nitrogen and oxygen atoms in total. The monoisotopic (exact) mass is 891 g/mol. The van der Waals surface area contributed by atoms with Crippen molar-refractivity contribution in [2.75, 3.05) is 0 Å². The number of benzene rings is 4. The van der Waals surface area contributed by atoms with Crippen molar-refractivity contribution in [2.45, 2.75) is 78.4 Å². The van der Waals surface area contributed by atoms with Crippen LogP contribution in [0.15, 0.2) is 120 Å². The Morgan fingerprint density at radius 3 is 2.26 bits per heavy atom. The molecule has 3 aromatic heterocycles. The van der Waals surface area contributed by atoms with Gasteiger partial charge in [0.2, 0.25) is 0 Å². The average Bonchev–Trinajstić information content (AvgIpc) is 3.55. The third-order valence-corrected chi connectivity index (χ3v) is 12.4. The van der Waals surface area contributed by atoms with Gasteiger partial charge in [-0.15, -0.1) is 54.1 Å². The summed E-state index contributed by atoms with van der Waals surface area (Å²) in [6.07, 6.45) is 13.2. The number of aromatic nitrogens is 2. The SMILES string of the molecule is CC(C)Cc1cc(-c2[c-]cccc2)ncc1[Si](C)(C)C.[Ir].[c-]1ccc2c(oc3c(-c4ccccc4)cccc32)c1-c1cc(CC2CCCCC2)ccn1. The van der Waals surface area contributed by atoms with E-state index >= 15 is 0 Å². The minimum atomic E-state index is -1.34. The molecule has 1 aliphatic rings. The Morgan fingerprint density at radius 2 is 1.53 bits per heavy atom. The van der Waals surface area contributed by atoms with Crippen LogP contribution >= 0.6 is 0 Å². The van der Waals surface area contributed by atoms with E-state index in [0.29, 0.717) is 5.92 Å². The maximum atomic E-state index is 6.54. The molecule has 0 atom stereocenters. The van der Waals surface area contributed by atoms with Gasteiger partial charge in [0.1, 0.15) is 5.58 Å². The molecule has 0 N–H and O–H groups in total. The number of furan rings is 1. The molecule has 1 saturated carbocycles. The number of fused-ring (bicyclic) bond motifs is 3. The van der Waals surface area contributed by atoms with E-state index < -0.39 is 8.07 Å². The normalized spacial score (nSPS) is 13.5. The summed E-state index contributed by atoms with van der Waals surface area (Å²) < 4.78 is 6.54. The van der Waals surface area contributed by atoms with Crippen LogP contribution in [-0.4, -0.2) is 18.0 Å². The average molecular weight is 891 g/mol. The number of pyridine rings is 2. The maximum Gasteiger partial charge on any atom is 0.128 e. The quantitative estimate of drug-likeness (QED) is 0.113. The van der Waals surface area contributed by atoms with Crippen molar-refractivity contribution in [1.29, 1.82) is 0 Å². The molecular weight excluding hydrogens is 841 g/mol. The van der Waals surface area contributed by atoms with Gasteiger partial charge in [-0.3, -0.25) is 0 Å². The summed E-state index contributed by atoms with van der Waals surface area (Å²) in [4.78, 5) is 9.40. The Morgan fingerprint density at radius 1 is 0.755 bits per heavy atom. The number of hydrogen-bond acceptors (Lipinski definition) is 3. The van der Waals surface area contributed by atoms with Crippen molar-refractivity contribution in [3.05, 3.63) is 139 Å². The first-order valence-corrected chi connectivity index (χ1v) is 22.6. The molecule has 1 aliphatic carbocycles. The van der Waals surface area contributed by atoms with Crippen LogP contribution in [0.5, 0.6) is 0 Å². The largest absolute Gasteiger partial charge is 0.500 e. The first-order valence-electron chi connectivity index (χ1n) is 19.1. The zero-order valence-electron chi connectivity index (χ0n) is 31.7. The zero-order chi connectivity index (χ0) is 36.1. The van der Waals surface area contributed by atoms with Crippen molar-refractivity contribution in [3.63, 3.8) is 0 Å². The predicted molar refractivity (Wildman–Crippen MR) is 222 cm³/mol. The Labute approximate surface area is 330 Å². The molecular formula is C48H50IrN2OSi-2. The molecule has 4 aromatic carbocycles.